The molecule has 7 heteroatoms. The lowest BCUT2D eigenvalue weighted by atomic mass is 10.0. The highest BCUT2D eigenvalue weighted by Gasteiger charge is 2.29. The van der Waals surface area contributed by atoms with Gasteiger partial charge in [0.1, 0.15) is 12.0 Å². The molecule has 1 atom stereocenters. The third kappa shape index (κ3) is 4.59. The highest BCUT2D eigenvalue weighted by Crippen LogP contribution is 2.29. The molecule has 1 heterocycles. The summed E-state index contributed by atoms with van der Waals surface area (Å²) in [4.78, 5) is 12.0. The van der Waals surface area contributed by atoms with Crippen LogP contribution in [0.3, 0.4) is 0 Å². The molecule has 1 aromatic heterocycles. The summed E-state index contributed by atoms with van der Waals surface area (Å²) in [7, 11) is 0. The van der Waals surface area contributed by atoms with Crippen molar-refractivity contribution >= 4 is 5.91 Å². The molecule has 1 aromatic carbocycles. The largest absolute Gasteiger partial charge is 0.467 e. The fourth-order valence-corrected chi connectivity index (χ4v) is 2.15. The molecule has 0 saturated carbocycles. The molecular formula is C16H17F3N2O2. The summed E-state index contributed by atoms with van der Waals surface area (Å²) in [5.74, 6) is 0.193. The lowest BCUT2D eigenvalue weighted by Gasteiger charge is -2.14. The molecular weight excluding hydrogens is 309 g/mol. The Kier molecular flexibility index (Phi) is 5.10. The van der Waals surface area contributed by atoms with Crippen molar-refractivity contribution in [3.8, 4) is 0 Å². The van der Waals surface area contributed by atoms with Crippen LogP contribution in [0.1, 0.15) is 34.2 Å². The topological polar surface area (TPSA) is 68.3 Å². The Hall–Kier alpha value is -2.28. The van der Waals surface area contributed by atoms with Gasteiger partial charge in [0, 0.05) is 6.04 Å². The third-order valence-electron chi connectivity index (χ3n) is 3.32. The minimum absolute atomic E-state index is 0.203. The number of nitrogens with two attached hydrogens (primary N) is 1. The van der Waals surface area contributed by atoms with E-state index >= 15 is 0 Å². The molecule has 0 aliphatic carbocycles. The van der Waals surface area contributed by atoms with Crippen LogP contribution in [-0.4, -0.2) is 11.9 Å². The van der Waals surface area contributed by atoms with Crippen LogP contribution in [-0.2, 0) is 19.1 Å². The first-order valence-corrected chi connectivity index (χ1v) is 7.04. The number of hydrogen-bond acceptors (Lipinski definition) is 3. The normalized spacial score (nSPS) is 12.9. The zero-order valence-corrected chi connectivity index (χ0v) is 12.5. The Balaban J connectivity index is 1.93. The first-order valence-electron chi connectivity index (χ1n) is 7.04. The number of rotatable bonds is 5. The maximum atomic E-state index is 12.5. The summed E-state index contributed by atoms with van der Waals surface area (Å²) in [6, 6.07) is 6.21. The zero-order valence-electron chi connectivity index (χ0n) is 12.5. The van der Waals surface area contributed by atoms with Crippen molar-refractivity contribution in [3.63, 3.8) is 0 Å². The van der Waals surface area contributed by atoms with Crippen LogP contribution in [0.2, 0.25) is 0 Å². The maximum absolute atomic E-state index is 12.5. The van der Waals surface area contributed by atoms with Crippen LogP contribution in [0.5, 0.6) is 0 Å². The van der Waals surface area contributed by atoms with E-state index in [9.17, 15) is 18.0 Å². The van der Waals surface area contributed by atoms with E-state index in [4.69, 9.17) is 10.2 Å². The van der Waals surface area contributed by atoms with Gasteiger partial charge in [-0.3, -0.25) is 4.79 Å². The molecule has 2 rings (SSSR count). The minimum Gasteiger partial charge on any atom is -0.467 e. The molecule has 0 saturated heterocycles. The monoisotopic (exact) mass is 326 g/mol. The van der Waals surface area contributed by atoms with Gasteiger partial charge in [-0.1, -0.05) is 12.1 Å². The highest BCUT2D eigenvalue weighted by atomic mass is 19.4. The van der Waals surface area contributed by atoms with Crippen LogP contribution in [0.15, 0.2) is 41.0 Å². The number of carbonyl (C=O) groups is 1. The zero-order chi connectivity index (χ0) is 17.0. The van der Waals surface area contributed by atoms with Gasteiger partial charge in [-0.2, -0.15) is 13.2 Å². The van der Waals surface area contributed by atoms with Gasteiger partial charge in [0.15, 0.2) is 0 Å². The molecule has 4 nitrogen and oxygen atoms in total. The first kappa shape index (κ1) is 17.1. The first-order chi connectivity index (χ1) is 10.8. The average molecular weight is 326 g/mol. The van der Waals surface area contributed by atoms with Gasteiger partial charge < -0.3 is 15.5 Å². The van der Waals surface area contributed by atoms with Gasteiger partial charge in [-0.15, -0.1) is 0 Å². The summed E-state index contributed by atoms with van der Waals surface area (Å²) in [5, 5.41) is 2.76. The summed E-state index contributed by atoms with van der Waals surface area (Å²) in [5.41, 5.74) is 5.79. The van der Waals surface area contributed by atoms with Gasteiger partial charge in [0.2, 0.25) is 0 Å². The third-order valence-corrected chi connectivity index (χ3v) is 3.32. The van der Waals surface area contributed by atoms with Crippen molar-refractivity contribution in [3.05, 3.63) is 59.0 Å². The van der Waals surface area contributed by atoms with Gasteiger partial charge >= 0.3 is 6.18 Å². The van der Waals surface area contributed by atoms with Crippen molar-refractivity contribution in [1.29, 1.82) is 0 Å². The lowest BCUT2D eigenvalue weighted by molar-refractivity contribution is -0.137. The Morgan fingerprint density at radius 1 is 1.30 bits per heavy atom. The Morgan fingerprint density at radius 3 is 2.48 bits per heavy atom. The molecule has 2 aromatic rings. The van der Waals surface area contributed by atoms with Crippen molar-refractivity contribution < 1.29 is 22.4 Å². The smallest absolute Gasteiger partial charge is 0.416 e. The molecule has 0 radical (unpaired) electrons. The SMILES string of the molecule is CC(Cc1ccc(C(F)(F)F)cc1)NC(=O)c1coc(CN)c1. The van der Waals surface area contributed by atoms with E-state index in [1.807, 2.05) is 0 Å². The van der Waals surface area contributed by atoms with Crippen LogP contribution < -0.4 is 11.1 Å². The van der Waals surface area contributed by atoms with Crippen LogP contribution in [0.25, 0.3) is 0 Å². The van der Waals surface area contributed by atoms with Gasteiger partial charge in [-0.05, 0) is 37.1 Å². The van der Waals surface area contributed by atoms with Crippen LogP contribution in [0, 0.1) is 0 Å². The van der Waals surface area contributed by atoms with E-state index in [1.165, 1.54) is 18.4 Å². The fraction of sp³-hybridized carbons (Fsp3) is 0.312. The summed E-state index contributed by atoms with van der Waals surface area (Å²) >= 11 is 0. The maximum Gasteiger partial charge on any atom is 0.416 e. The molecule has 0 aliphatic rings. The van der Waals surface area contributed by atoms with Crippen molar-refractivity contribution in [2.75, 3.05) is 0 Å². The lowest BCUT2D eigenvalue weighted by Crippen LogP contribution is -2.33. The van der Waals surface area contributed by atoms with E-state index in [1.54, 1.807) is 13.0 Å². The van der Waals surface area contributed by atoms with Crippen LogP contribution in [0.4, 0.5) is 13.2 Å². The number of halogens is 3. The molecule has 0 spiro atoms. The molecule has 23 heavy (non-hydrogen) atoms. The second kappa shape index (κ2) is 6.87. The van der Waals surface area contributed by atoms with Gasteiger partial charge in [0.25, 0.3) is 5.91 Å². The second-order valence-corrected chi connectivity index (χ2v) is 5.28. The van der Waals surface area contributed by atoms with Gasteiger partial charge in [-0.25, -0.2) is 0 Å². The van der Waals surface area contributed by atoms with E-state index in [0.29, 0.717) is 23.3 Å². The predicted molar refractivity (Wildman–Crippen MR) is 78.7 cm³/mol. The van der Waals surface area contributed by atoms with Crippen LogP contribution >= 0.6 is 0 Å². The molecule has 0 aliphatic heterocycles. The average Bonchev–Trinajstić information content (AvgIpc) is 2.95. The molecule has 0 bridgehead atoms. The van der Waals surface area contributed by atoms with E-state index < -0.39 is 11.7 Å². The second-order valence-electron chi connectivity index (χ2n) is 5.28. The van der Waals surface area contributed by atoms with Crippen molar-refractivity contribution in [1.82, 2.24) is 5.32 Å². The molecule has 1 unspecified atom stereocenters. The van der Waals surface area contributed by atoms with Gasteiger partial charge in [0.05, 0.1) is 17.7 Å². The Bertz CT molecular complexity index is 663. The molecule has 124 valence electrons. The number of carbonyl (C=O) groups excluding carboxylic acids is 1. The van der Waals surface area contributed by atoms with Crippen molar-refractivity contribution in [2.24, 2.45) is 5.73 Å². The Morgan fingerprint density at radius 2 is 1.96 bits per heavy atom. The Labute approximate surface area is 131 Å². The van der Waals surface area contributed by atoms with E-state index in [0.717, 1.165) is 12.1 Å². The highest BCUT2D eigenvalue weighted by molar-refractivity contribution is 5.94. The summed E-state index contributed by atoms with van der Waals surface area (Å²) in [6.45, 7) is 1.98. The number of amides is 1. The number of hydrogen-bond donors (Lipinski definition) is 2. The quantitative estimate of drug-likeness (QED) is 0.887. The van der Waals surface area contributed by atoms with E-state index in [2.05, 4.69) is 5.32 Å². The summed E-state index contributed by atoms with van der Waals surface area (Å²) < 4.78 is 42.6. The summed E-state index contributed by atoms with van der Waals surface area (Å²) in [6.07, 6.45) is -2.60. The molecule has 3 N–H and O–H groups in total. The minimum atomic E-state index is -4.35. The standard InChI is InChI=1S/C16H17F3N2O2/c1-10(21-15(22)12-7-14(8-20)23-9-12)6-11-2-4-13(5-3-11)16(17,18)19/h2-5,7,9-10H,6,8,20H2,1H3,(H,21,22). The predicted octanol–water partition coefficient (Wildman–Crippen LogP) is 3.12. The number of alkyl halides is 3. The molecule has 0 fully saturated rings. The van der Waals surface area contributed by atoms with E-state index in [-0.39, 0.29) is 18.5 Å². The number of nitrogens with one attached hydrogen (secondary N) is 1. The molecule has 1 amide bonds. The van der Waals surface area contributed by atoms with Crippen molar-refractivity contribution in [2.45, 2.75) is 32.1 Å². The fourth-order valence-electron chi connectivity index (χ4n) is 2.15. The number of furan rings is 1. The number of benzene rings is 1.